The van der Waals surface area contributed by atoms with E-state index in [0.717, 1.165) is 12.5 Å². The standard InChI is InChI=1S/C16H27NS/c1-4-18-11-7-9-15(13-17-3)12-16-10-6-5-8-14(16)2/h5-6,8,10,15,17H,4,7,9,11-13H2,1-3H3. The topological polar surface area (TPSA) is 12.0 Å². The second-order valence-corrected chi connectivity index (χ2v) is 6.29. The Hall–Kier alpha value is -0.470. The van der Waals surface area contributed by atoms with E-state index in [2.05, 4.69) is 62.2 Å². The molecule has 0 aliphatic rings. The van der Waals surface area contributed by atoms with Crippen molar-refractivity contribution in [1.29, 1.82) is 0 Å². The number of hydrogen-bond acceptors (Lipinski definition) is 2. The van der Waals surface area contributed by atoms with Gasteiger partial charge in [-0.15, -0.1) is 0 Å². The molecule has 102 valence electrons. The van der Waals surface area contributed by atoms with Crippen molar-refractivity contribution in [3.63, 3.8) is 0 Å². The predicted octanol–water partition coefficient (Wildman–Crippen LogP) is 3.91. The first-order chi connectivity index (χ1) is 8.77. The van der Waals surface area contributed by atoms with Gasteiger partial charge in [0.25, 0.3) is 0 Å². The average molecular weight is 265 g/mol. The Morgan fingerprint density at radius 3 is 2.72 bits per heavy atom. The Morgan fingerprint density at radius 2 is 2.06 bits per heavy atom. The van der Waals surface area contributed by atoms with Crippen molar-refractivity contribution < 1.29 is 0 Å². The van der Waals surface area contributed by atoms with E-state index >= 15 is 0 Å². The third kappa shape index (κ3) is 5.92. The van der Waals surface area contributed by atoms with Gasteiger partial charge < -0.3 is 5.32 Å². The minimum atomic E-state index is 0.772. The maximum Gasteiger partial charge on any atom is -0.00203 e. The van der Waals surface area contributed by atoms with Gasteiger partial charge in [-0.3, -0.25) is 0 Å². The molecule has 2 heteroatoms. The van der Waals surface area contributed by atoms with Crippen LogP contribution in [0.5, 0.6) is 0 Å². The molecule has 0 aliphatic carbocycles. The molecule has 1 atom stereocenters. The smallest absolute Gasteiger partial charge is 0.00203 e. The highest BCUT2D eigenvalue weighted by atomic mass is 32.2. The van der Waals surface area contributed by atoms with Crippen LogP contribution in [0.25, 0.3) is 0 Å². The van der Waals surface area contributed by atoms with Crippen molar-refractivity contribution in [2.75, 3.05) is 25.1 Å². The van der Waals surface area contributed by atoms with Crippen LogP contribution in [0, 0.1) is 12.8 Å². The molecule has 0 spiro atoms. The Morgan fingerprint density at radius 1 is 1.28 bits per heavy atom. The van der Waals surface area contributed by atoms with E-state index in [1.54, 1.807) is 0 Å². The van der Waals surface area contributed by atoms with Crippen LogP contribution in [0.1, 0.15) is 30.9 Å². The van der Waals surface area contributed by atoms with Gasteiger partial charge in [0.05, 0.1) is 0 Å². The number of rotatable bonds is 9. The van der Waals surface area contributed by atoms with E-state index in [4.69, 9.17) is 0 Å². The minimum absolute atomic E-state index is 0.772. The van der Waals surface area contributed by atoms with Crippen LogP contribution in [0.4, 0.5) is 0 Å². The molecule has 1 unspecified atom stereocenters. The summed E-state index contributed by atoms with van der Waals surface area (Å²) >= 11 is 2.06. The molecule has 0 aliphatic heterocycles. The summed E-state index contributed by atoms with van der Waals surface area (Å²) in [5.74, 6) is 3.33. The summed E-state index contributed by atoms with van der Waals surface area (Å²) in [7, 11) is 2.06. The number of aryl methyl sites for hydroxylation is 1. The van der Waals surface area contributed by atoms with Crippen LogP contribution < -0.4 is 5.32 Å². The van der Waals surface area contributed by atoms with Gasteiger partial charge in [-0.05, 0) is 68.3 Å². The van der Waals surface area contributed by atoms with Gasteiger partial charge in [-0.1, -0.05) is 31.2 Å². The fourth-order valence-corrected chi connectivity index (χ4v) is 2.99. The molecule has 0 fully saturated rings. The first kappa shape index (κ1) is 15.6. The zero-order valence-corrected chi connectivity index (χ0v) is 12.9. The molecule has 0 aromatic heterocycles. The normalized spacial score (nSPS) is 12.6. The van der Waals surface area contributed by atoms with Crippen molar-refractivity contribution in [3.8, 4) is 0 Å². The zero-order valence-electron chi connectivity index (χ0n) is 12.0. The molecule has 1 aromatic rings. The number of thioether (sulfide) groups is 1. The van der Waals surface area contributed by atoms with Crippen LogP contribution in [0.15, 0.2) is 24.3 Å². The van der Waals surface area contributed by atoms with E-state index < -0.39 is 0 Å². The lowest BCUT2D eigenvalue weighted by molar-refractivity contribution is 0.457. The van der Waals surface area contributed by atoms with Gasteiger partial charge in [0, 0.05) is 0 Å². The molecule has 0 radical (unpaired) electrons. The van der Waals surface area contributed by atoms with Crippen molar-refractivity contribution in [1.82, 2.24) is 5.32 Å². The van der Waals surface area contributed by atoms with Crippen LogP contribution in [0.2, 0.25) is 0 Å². The van der Waals surface area contributed by atoms with Gasteiger partial charge in [-0.25, -0.2) is 0 Å². The molecule has 1 rings (SSSR count). The largest absolute Gasteiger partial charge is 0.319 e. The van der Waals surface area contributed by atoms with Crippen LogP contribution in [0.3, 0.4) is 0 Å². The molecular weight excluding hydrogens is 238 g/mol. The van der Waals surface area contributed by atoms with Crippen LogP contribution >= 0.6 is 11.8 Å². The molecule has 1 N–H and O–H groups in total. The minimum Gasteiger partial charge on any atom is -0.319 e. The van der Waals surface area contributed by atoms with E-state index in [-0.39, 0.29) is 0 Å². The Bertz CT molecular complexity index is 325. The fourth-order valence-electron chi connectivity index (χ4n) is 2.33. The first-order valence-corrected chi connectivity index (χ1v) is 8.20. The molecule has 1 nitrogen and oxygen atoms in total. The van der Waals surface area contributed by atoms with Crippen molar-refractivity contribution in [2.45, 2.75) is 33.1 Å². The number of hydrogen-bond donors (Lipinski definition) is 1. The molecular formula is C16H27NS. The molecule has 0 saturated heterocycles. The zero-order chi connectivity index (χ0) is 13.2. The van der Waals surface area contributed by atoms with Gasteiger partial charge in [0.15, 0.2) is 0 Å². The van der Waals surface area contributed by atoms with Gasteiger partial charge in [0.2, 0.25) is 0 Å². The first-order valence-electron chi connectivity index (χ1n) is 7.04. The molecule has 0 amide bonds. The molecule has 0 bridgehead atoms. The van der Waals surface area contributed by atoms with Crippen molar-refractivity contribution in [2.24, 2.45) is 5.92 Å². The van der Waals surface area contributed by atoms with E-state index in [0.29, 0.717) is 0 Å². The van der Waals surface area contributed by atoms with Crippen molar-refractivity contribution >= 4 is 11.8 Å². The van der Waals surface area contributed by atoms with Crippen LogP contribution in [-0.4, -0.2) is 25.1 Å². The van der Waals surface area contributed by atoms with Crippen molar-refractivity contribution in [3.05, 3.63) is 35.4 Å². The predicted molar refractivity (Wildman–Crippen MR) is 84.5 cm³/mol. The quantitative estimate of drug-likeness (QED) is 0.680. The number of benzene rings is 1. The van der Waals surface area contributed by atoms with E-state index in [1.807, 2.05) is 0 Å². The van der Waals surface area contributed by atoms with Gasteiger partial charge in [0.1, 0.15) is 0 Å². The molecule has 1 aromatic carbocycles. The third-order valence-corrected chi connectivity index (χ3v) is 4.35. The Kier molecular flexibility index (Phi) is 8.19. The summed E-state index contributed by atoms with van der Waals surface area (Å²) in [6, 6.07) is 8.78. The van der Waals surface area contributed by atoms with Gasteiger partial charge in [-0.2, -0.15) is 11.8 Å². The average Bonchev–Trinajstić information content (AvgIpc) is 2.37. The fraction of sp³-hybridized carbons (Fsp3) is 0.625. The summed E-state index contributed by atoms with van der Waals surface area (Å²) in [5, 5.41) is 3.34. The maximum atomic E-state index is 3.34. The maximum absolute atomic E-state index is 3.34. The van der Waals surface area contributed by atoms with E-state index in [1.165, 1.54) is 41.9 Å². The highest BCUT2D eigenvalue weighted by Crippen LogP contribution is 2.18. The highest BCUT2D eigenvalue weighted by Gasteiger charge is 2.10. The SMILES string of the molecule is CCSCCCC(CNC)Cc1ccccc1C. The summed E-state index contributed by atoms with van der Waals surface area (Å²) in [6.07, 6.45) is 3.89. The Balaban J connectivity index is 2.44. The second-order valence-electron chi connectivity index (χ2n) is 4.89. The molecule has 18 heavy (non-hydrogen) atoms. The lowest BCUT2D eigenvalue weighted by Crippen LogP contribution is -2.21. The third-order valence-electron chi connectivity index (χ3n) is 3.37. The van der Waals surface area contributed by atoms with Gasteiger partial charge >= 0.3 is 0 Å². The van der Waals surface area contributed by atoms with Crippen LogP contribution in [-0.2, 0) is 6.42 Å². The summed E-state index contributed by atoms with van der Waals surface area (Å²) in [5.41, 5.74) is 2.95. The summed E-state index contributed by atoms with van der Waals surface area (Å²) in [4.78, 5) is 0. The molecule has 0 saturated carbocycles. The molecule has 0 heterocycles. The monoisotopic (exact) mass is 265 g/mol. The second kappa shape index (κ2) is 9.46. The highest BCUT2D eigenvalue weighted by molar-refractivity contribution is 7.99. The summed E-state index contributed by atoms with van der Waals surface area (Å²) < 4.78 is 0. The van der Waals surface area contributed by atoms with E-state index in [9.17, 15) is 0 Å². The Labute approximate surface area is 117 Å². The number of nitrogens with one attached hydrogen (secondary N) is 1. The lowest BCUT2D eigenvalue weighted by atomic mass is 9.93. The lowest BCUT2D eigenvalue weighted by Gasteiger charge is -2.17. The summed E-state index contributed by atoms with van der Waals surface area (Å²) in [6.45, 7) is 5.59.